The summed E-state index contributed by atoms with van der Waals surface area (Å²) < 4.78 is 5.24. The van der Waals surface area contributed by atoms with Crippen molar-refractivity contribution >= 4 is 18.6 Å². The van der Waals surface area contributed by atoms with E-state index in [-0.39, 0.29) is 5.97 Å². The van der Waals surface area contributed by atoms with Gasteiger partial charge < -0.3 is 4.74 Å². The fourth-order valence-corrected chi connectivity index (χ4v) is 2.06. The fourth-order valence-electron chi connectivity index (χ4n) is 1.81. The maximum Gasteiger partial charge on any atom is 0.339 e. The summed E-state index contributed by atoms with van der Waals surface area (Å²) in [5.41, 5.74) is 1.78. The van der Waals surface area contributed by atoms with Crippen LogP contribution in [0.5, 0.6) is 0 Å². The van der Waals surface area contributed by atoms with Gasteiger partial charge in [-0.05, 0) is 30.5 Å². The highest BCUT2D eigenvalue weighted by Crippen LogP contribution is 2.14. The van der Waals surface area contributed by atoms with Gasteiger partial charge in [-0.2, -0.15) is 0 Å². The van der Waals surface area contributed by atoms with Crippen molar-refractivity contribution in [1.82, 2.24) is 0 Å². The van der Waals surface area contributed by atoms with E-state index in [0.717, 1.165) is 12.8 Å². The molecule has 0 aromatic heterocycles. The summed E-state index contributed by atoms with van der Waals surface area (Å²) in [4.78, 5) is 12.5. The van der Waals surface area contributed by atoms with Crippen LogP contribution in [0.25, 0.3) is 0 Å². The van der Waals surface area contributed by atoms with E-state index in [0.29, 0.717) is 17.1 Å². The topological polar surface area (TPSA) is 26.3 Å². The molecule has 3 heteroatoms. The molecule has 0 bridgehead atoms. The molecule has 0 atom stereocenters. The van der Waals surface area contributed by atoms with E-state index in [9.17, 15) is 4.79 Å². The van der Waals surface area contributed by atoms with Crippen LogP contribution in [-0.2, 0) is 11.2 Å². The van der Waals surface area contributed by atoms with E-state index in [2.05, 4.69) is 24.8 Å². The Morgan fingerprint density at radius 1 is 1.00 bits per heavy atom. The van der Waals surface area contributed by atoms with Crippen LogP contribution < -0.4 is 0 Å². The van der Waals surface area contributed by atoms with Crippen LogP contribution >= 0.6 is 12.6 Å². The summed E-state index contributed by atoms with van der Waals surface area (Å²) in [6, 6.07) is 17.3. The lowest BCUT2D eigenvalue weighted by Crippen LogP contribution is -2.07. The molecule has 2 nitrogen and oxygen atoms in total. The van der Waals surface area contributed by atoms with Gasteiger partial charge in [-0.3, -0.25) is 0 Å². The van der Waals surface area contributed by atoms with Crippen molar-refractivity contribution in [2.24, 2.45) is 0 Å². The lowest BCUT2D eigenvalue weighted by Gasteiger charge is -2.06. The van der Waals surface area contributed by atoms with Gasteiger partial charge in [0.05, 0.1) is 12.2 Å². The number of thiol groups is 1. The van der Waals surface area contributed by atoms with Crippen molar-refractivity contribution in [1.29, 1.82) is 0 Å². The third kappa shape index (κ3) is 4.14. The molecule has 2 aromatic carbocycles. The quantitative estimate of drug-likeness (QED) is 0.509. The van der Waals surface area contributed by atoms with Crippen molar-refractivity contribution < 1.29 is 9.53 Å². The van der Waals surface area contributed by atoms with Gasteiger partial charge in [0.15, 0.2) is 0 Å². The summed E-state index contributed by atoms with van der Waals surface area (Å²) in [5, 5.41) is 0. The lowest BCUT2D eigenvalue weighted by atomic mass is 10.1. The Morgan fingerprint density at radius 2 is 1.68 bits per heavy atom. The van der Waals surface area contributed by atoms with Gasteiger partial charge in [0, 0.05) is 4.90 Å². The molecule has 0 aliphatic heterocycles. The number of rotatable bonds is 5. The van der Waals surface area contributed by atoms with Gasteiger partial charge in [0.2, 0.25) is 0 Å². The van der Waals surface area contributed by atoms with Gasteiger partial charge in [0.1, 0.15) is 0 Å². The minimum absolute atomic E-state index is 0.307. The van der Waals surface area contributed by atoms with Crippen molar-refractivity contribution in [3.63, 3.8) is 0 Å². The van der Waals surface area contributed by atoms with Crippen LogP contribution in [0.2, 0.25) is 0 Å². The zero-order chi connectivity index (χ0) is 13.5. The van der Waals surface area contributed by atoms with Crippen LogP contribution in [0.1, 0.15) is 22.3 Å². The molecule has 2 rings (SSSR count). The molecule has 19 heavy (non-hydrogen) atoms. The van der Waals surface area contributed by atoms with Gasteiger partial charge in [0.25, 0.3) is 0 Å². The molecule has 0 aliphatic carbocycles. The van der Waals surface area contributed by atoms with E-state index >= 15 is 0 Å². The first-order chi connectivity index (χ1) is 9.27. The normalized spacial score (nSPS) is 10.2. The summed E-state index contributed by atoms with van der Waals surface area (Å²) in [6.07, 6.45) is 1.74. The van der Waals surface area contributed by atoms with E-state index in [1.807, 2.05) is 24.3 Å². The monoisotopic (exact) mass is 272 g/mol. The molecular formula is C16H16O2S. The second kappa shape index (κ2) is 7.00. The number of esters is 1. The number of hydrogen-bond acceptors (Lipinski definition) is 3. The Morgan fingerprint density at radius 3 is 2.42 bits per heavy atom. The second-order valence-electron chi connectivity index (χ2n) is 4.24. The highest BCUT2D eigenvalue weighted by molar-refractivity contribution is 7.80. The first-order valence-electron chi connectivity index (χ1n) is 6.26. The minimum Gasteiger partial charge on any atom is -0.462 e. The Hall–Kier alpha value is -1.74. The third-order valence-corrected chi connectivity index (χ3v) is 3.20. The predicted octanol–water partition coefficient (Wildman–Crippen LogP) is 3.76. The summed E-state index contributed by atoms with van der Waals surface area (Å²) in [5.74, 6) is -0.307. The number of benzene rings is 2. The van der Waals surface area contributed by atoms with Crippen LogP contribution in [0.4, 0.5) is 0 Å². The van der Waals surface area contributed by atoms with Gasteiger partial charge in [-0.1, -0.05) is 42.5 Å². The van der Waals surface area contributed by atoms with Crippen molar-refractivity contribution in [3.05, 3.63) is 65.7 Å². The van der Waals surface area contributed by atoms with Gasteiger partial charge in [-0.25, -0.2) is 4.79 Å². The average molecular weight is 272 g/mol. The molecule has 0 saturated heterocycles. The molecule has 0 spiro atoms. The number of hydrogen-bond donors (Lipinski definition) is 1. The summed E-state index contributed by atoms with van der Waals surface area (Å²) in [7, 11) is 0. The van der Waals surface area contributed by atoms with Crippen molar-refractivity contribution in [3.8, 4) is 0 Å². The number of aryl methyl sites for hydroxylation is 1. The molecule has 0 fully saturated rings. The van der Waals surface area contributed by atoms with Crippen LogP contribution in [0, 0.1) is 0 Å². The summed E-state index contributed by atoms with van der Waals surface area (Å²) in [6.45, 7) is 0.426. The highest BCUT2D eigenvalue weighted by Gasteiger charge is 2.09. The zero-order valence-electron chi connectivity index (χ0n) is 10.6. The average Bonchev–Trinajstić information content (AvgIpc) is 2.45. The highest BCUT2D eigenvalue weighted by atomic mass is 32.1. The smallest absolute Gasteiger partial charge is 0.339 e. The second-order valence-corrected chi connectivity index (χ2v) is 4.72. The number of carbonyl (C=O) groups is 1. The fraction of sp³-hybridized carbons (Fsp3) is 0.188. The molecule has 0 unspecified atom stereocenters. The molecule has 2 aromatic rings. The predicted molar refractivity (Wildman–Crippen MR) is 78.7 cm³/mol. The maximum atomic E-state index is 11.8. The SMILES string of the molecule is O=C(OCCCc1ccccc1)c1ccccc1S. The first-order valence-corrected chi connectivity index (χ1v) is 6.71. The molecule has 98 valence electrons. The third-order valence-electron chi connectivity index (χ3n) is 2.81. The molecule has 0 radical (unpaired) electrons. The van der Waals surface area contributed by atoms with E-state index < -0.39 is 0 Å². The van der Waals surface area contributed by atoms with Crippen molar-refractivity contribution in [2.75, 3.05) is 6.61 Å². The Bertz CT molecular complexity index is 537. The summed E-state index contributed by atoms with van der Waals surface area (Å²) >= 11 is 4.24. The molecule has 0 saturated carbocycles. The number of carbonyl (C=O) groups excluding carboxylic acids is 1. The molecular weight excluding hydrogens is 256 g/mol. The largest absolute Gasteiger partial charge is 0.462 e. The van der Waals surface area contributed by atoms with Crippen LogP contribution in [-0.4, -0.2) is 12.6 Å². The number of ether oxygens (including phenoxy) is 1. The van der Waals surface area contributed by atoms with Crippen molar-refractivity contribution in [2.45, 2.75) is 17.7 Å². The molecule has 0 amide bonds. The van der Waals surface area contributed by atoms with E-state index in [1.54, 1.807) is 18.2 Å². The molecule has 0 aliphatic rings. The molecule has 0 N–H and O–H groups in total. The van der Waals surface area contributed by atoms with Crippen LogP contribution in [0.15, 0.2) is 59.5 Å². The maximum absolute atomic E-state index is 11.8. The Balaban J connectivity index is 1.77. The van der Waals surface area contributed by atoms with Gasteiger partial charge >= 0.3 is 5.97 Å². The molecule has 0 heterocycles. The standard InChI is InChI=1S/C16H16O2S/c17-16(14-10-4-5-11-15(14)19)18-12-6-9-13-7-2-1-3-8-13/h1-5,7-8,10-11,19H,6,9,12H2. The Kier molecular flexibility index (Phi) is 5.04. The van der Waals surface area contributed by atoms with Gasteiger partial charge in [-0.15, -0.1) is 12.6 Å². The lowest BCUT2D eigenvalue weighted by molar-refractivity contribution is 0.0496. The minimum atomic E-state index is -0.307. The van der Waals surface area contributed by atoms with E-state index in [1.165, 1.54) is 5.56 Å². The zero-order valence-corrected chi connectivity index (χ0v) is 11.5. The Labute approximate surface area is 118 Å². The van der Waals surface area contributed by atoms with Crippen LogP contribution in [0.3, 0.4) is 0 Å². The first kappa shape index (κ1) is 13.7. The van der Waals surface area contributed by atoms with E-state index in [4.69, 9.17) is 4.74 Å².